The van der Waals surface area contributed by atoms with Gasteiger partial charge in [-0.3, -0.25) is 4.79 Å². The zero-order chi connectivity index (χ0) is 15.2. The Hall–Kier alpha value is -2.00. The van der Waals surface area contributed by atoms with Crippen LogP contribution in [0.2, 0.25) is 5.02 Å². The molecule has 0 radical (unpaired) electrons. The molecule has 0 aromatic heterocycles. The van der Waals surface area contributed by atoms with Gasteiger partial charge in [0.05, 0.1) is 16.6 Å². The van der Waals surface area contributed by atoms with Gasteiger partial charge in [0.1, 0.15) is 0 Å². The summed E-state index contributed by atoms with van der Waals surface area (Å²) in [7, 11) is 1.59. The lowest BCUT2D eigenvalue weighted by molar-refractivity contribution is 0.0963. The van der Waals surface area contributed by atoms with Crippen LogP contribution in [-0.2, 0) is 0 Å². The van der Waals surface area contributed by atoms with Crippen molar-refractivity contribution in [1.82, 2.24) is 5.32 Å². The fraction of sp³-hybridized carbons (Fsp3) is 0.235. The van der Waals surface area contributed by atoms with Crippen molar-refractivity contribution in [2.45, 2.75) is 19.4 Å². The molecule has 2 N–H and O–H groups in total. The van der Waals surface area contributed by atoms with Gasteiger partial charge in [-0.05, 0) is 30.2 Å². The first kappa shape index (κ1) is 15.4. The molecule has 2 aromatic rings. The highest BCUT2D eigenvalue weighted by molar-refractivity contribution is 6.34. The Bertz CT molecular complexity index is 613. The topological polar surface area (TPSA) is 41.1 Å². The van der Waals surface area contributed by atoms with Crippen LogP contribution in [0.3, 0.4) is 0 Å². The van der Waals surface area contributed by atoms with E-state index < -0.39 is 0 Å². The first-order valence-corrected chi connectivity index (χ1v) is 7.36. The van der Waals surface area contributed by atoms with E-state index in [1.54, 1.807) is 19.2 Å². The maximum atomic E-state index is 11.8. The number of anilines is 1. The molecule has 0 aliphatic heterocycles. The number of nitrogens with one attached hydrogen (secondary N) is 2. The van der Waals surface area contributed by atoms with Crippen LogP contribution in [0.5, 0.6) is 0 Å². The van der Waals surface area contributed by atoms with Gasteiger partial charge in [0.15, 0.2) is 0 Å². The maximum Gasteiger partial charge on any atom is 0.252 e. The normalized spacial score (nSPS) is 11.8. The monoisotopic (exact) mass is 302 g/mol. The van der Waals surface area contributed by atoms with Gasteiger partial charge in [-0.15, -0.1) is 0 Å². The number of carbonyl (C=O) groups is 1. The van der Waals surface area contributed by atoms with Crippen molar-refractivity contribution in [2.24, 2.45) is 0 Å². The highest BCUT2D eigenvalue weighted by Crippen LogP contribution is 2.26. The van der Waals surface area contributed by atoms with Crippen LogP contribution in [0.4, 0.5) is 5.69 Å². The summed E-state index contributed by atoms with van der Waals surface area (Å²) in [6.45, 7) is 2.13. The minimum Gasteiger partial charge on any atom is -0.378 e. The average Bonchev–Trinajstić information content (AvgIpc) is 2.54. The Balaban J connectivity index is 2.24. The van der Waals surface area contributed by atoms with Gasteiger partial charge in [-0.25, -0.2) is 0 Å². The van der Waals surface area contributed by atoms with Crippen LogP contribution in [0.15, 0.2) is 48.5 Å². The van der Waals surface area contributed by atoms with Gasteiger partial charge >= 0.3 is 0 Å². The molecule has 0 saturated carbocycles. The van der Waals surface area contributed by atoms with Crippen LogP contribution in [-0.4, -0.2) is 13.0 Å². The Morgan fingerprint density at radius 1 is 1.19 bits per heavy atom. The Kier molecular flexibility index (Phi) is 5.23. The number of hydrogen-bond acceptors (Lipinski definition) is 2. The summed E-state index contributed by atoms with van der Waals surface area (Å²) in [4.78, 5) is 11.8. The molecule has 0 fully saturated rings. The summed E-state index contributed by atoms with van der Waals surface area (Å²) in [5.74, 6) is -0.184. The van der Waals surface area contributed by atoms with E-state index in [2.05, 4.69) is 29.7 Å². The van der Waals surface area contributed by atoms with Crippen molar-refractivity contribution in [3.05, 3.63) is 64.7 Å². The van der Waals surface area contributed by atoms with E-state index in [9.17, 15) is 4.79 Å². The summed E-state index contributed by atoms with van der Waals surface area (Å²) < 4.78 is 0. The largest absolute Gasteiger partial charge is 0.378 e. The molecule has 21 heavy (non-hydrogen) atoms. The number of carbonyl (C=O) groups excluding carboxylic acids is 1. The third kappa shape index (κ3) is 3.76. The predicted molar refractivity (Wildman–Crippen MR) is 87.9 cm³/mol. The van der Waals surface area contributed by atoms with E-state index >= 15 is 0 Å². The van der Waals surface area contributed by atoms with E-state index in [0.29, 0.717) is 10.6 Å². The molecule has 1 atom stereocenters. The molecule has 2 rings (SSSR count). The first-order valence-electron chi connectivity index (χ1n) is 6.98. The average molecular weight is 303 g/mol. The molecule has 3 nitrogen and oxygen atoms in total. The Morgan fingerprint density at radius 2 is 1.90 bits per heavy atom. The van der Waals surface area contributed by atoms with Gasteiger partial charge in [0.2, 0.25) is 0 Å². The van der Waals surface area contributed by atoms with Crippen molar-refractivity contribution >= 4 is 23.2 Å². The van der Waals surface area contributed by atoms with Gasteiger partial charge in [-0.1, -0.05) is 48.9 Å². The SMILES string of the molecule is CCC(Nc1ccc(Cl)c(C(=O)NC)c1)c1ccccc1. The lowest BCUT2D eigenvalue weighted by atomic mass is 10.0. The van der Waals surface area contributed by atoms with Crippen LogP contribution in [0.1, 0.15) is 35.3 Å². The standard InChI is InChI=1S/C17H19ClN2O/c1-3-16(12-7-5-4-6-8-12)20-13-9-10-15(18)14(11-13)17(21)19-2/h4-11,16,20H,3H2,1-2H3,(H,19,21). The van der Waals surface area contributed by atoms with Crippen LogP contribution in [0.25, 0.3) is 0 Å². The van der Waals surface area contributed by atoms with Crippen LogP contribution >= 0.6 is 11.6 Å². The van der Waals surface area contributed by atoms with Gasteiger partial charge in [0, 0.05) is 12.7 Å². The molecule has 1 unspecified atom stereocenters. The maximum absolute atomic E-state index is 11.8. The van der Waals surface area contributed by atoms with Crippen molar-refractivity contribution < 1.29 is 4.79 Å². The summed E-state index contributed by atoms with van der Waals surface area (Å²) in [6, 6.07) is 15.9. The second kappa shape index (κ2) is 7.14. The van der Waals surface area contributed by atoms with E-state index in [1.807, 2.05) is 24.3 Å². The summed E-state index contributed by atoms with van der Waals surface area (Å²) in [6.07, 6.45) is 0.946. The van der Waals surface area contributed by atoms with E-state index in [0.717, 1.165) is 12.1 Å². The lowest BCUT2D eigenvalue weighted by Crippen LogP contribution is -2.18. The molecule has 1 amide bonds. The minimum atomic E-state index is -0.184. The molecule has 0 saturated heterocycles. The van der Waals surface area contributed by atoms with E-state index in [1.165, 1.54) is 5.56 Å². The molecule has 110 valence electrons. The molecule has 4 heteroatoms. The summed E-state index contributed by atoms with van der Waals surface area (Å²) >= 11 is 6.07. The fourth-order valence-electron chi connectivity index (χ4n) is 2.23. The van der Waals surface area contributed by atoms with Crippen molar-refractivity contribution in [2.75, 3.05) is 12.4 Å². The second-order valence-electron chi connectivity index (χ2n) is 4.79. The number of halogens is 1. The minimum absolute atomic E-state index is 0.184. The number of amides is 1. The highest BCUT2D eigenvalue weighted by atomic mass is 35.5. The molecular weight excluding hydrogens is 284 g/mol. The van der Waals surface area contributed by atoms with Crippen LogP contribution in [0, 0.1) is 0 Å². The van der Waals surface area contributed by atoms with Crippen molar-refractivity contribution in [1.29, 1.82) is 0 Å². The molecule has 0 aliphatic carbocycles. The van der Waals surface area contributed by atoms with E-state index in [-0.39, 0.29) is 11.9 Å². The van der Waals surface area contributed by atoms with Crippen molar-refractivity contribution in [3.8, 4) is 0 Å². The van der Waals surface area contributed by atoms with Gasteiger partial charge in [0.25, 0.3) is 5.91 Å². The Labute approximate surface area is 130 Å². The smallest absolute Gasteiger partial charge is 0.252 e. The zero-order valence-corrected chi connectivity index (χ0v) is 12.9. The molecule has 0 spiro atoms. The van der Waals surface area contributed by atoms with Crippen molar-refractivity contribution in [3.63, 3.8) is 0 Å². The molecular formula is C17H19ClN2O. The number of hydrogen-bond donors (Lipinski definition) is 2. The number of benzene rings is 2. The molecule has 0 bridgehead atoms. The van der Waals surface area contributed by atoms with E-state index in [4.69, 9.17) is 11.6 Å². The third-order valence-electron chi connectivity index (χ3n) is 3.39. The molecule has 0 heterocycles. The molecule has 0 aliphatic rings. The summed E-state index contributed by atoms with van der Waals surface area (Å²) in [5, 5.41) is 6.50. The lowest BCUT2D eigenvalue weighted by Gasteiger charge is -2.19. The van der Waals surface area contributed by atoms with Gasteiger partial charge < -0.3 is 10.6 Å². The third-order valence-corrected chi connectivity index (χ3v) is 3.72. The van der Waals surface area contributed by atoms with Gasteiger partial charge in [-0.2, -0.15) is 0 Å². The summed E-state index contributed by atoms with van der Waals surface area (Å²) in [5.41, 5.74) is 2.58. The fourth-order valence-corrected chi connectivity index (χ4v) is 2.43. The first-order chi connectivity index (χ1) is 10.2. The predicted octanol–water partition coefficient (Wildman–Crippen LogP) is 4.26. The number of rotatable bonds is 5. The highest BCUT2D eigenvalue weighted by Gasteiger charge is 2.12. The van der Waals surface area contributed by atoms with Crippen LogP contribution < -0.4 is 10.6 Å². The zero-order valence-electron chi connectivity index (χ0n) is 12.2. The molecule has 2 aromatic carbocycles. The second-order valence-corrected chi connectivity index (χ2v) is 5.20. The quantitative estimate of drug-likeness (QED) is 0.866. The Morgan fingerprint density at radius 3 is 2.52 bits per heavy atom.